The summed E-state index contributed by atoms with van der Waals surface area (Å²) in [6, 6.07) is 21.0. The molecule has 1 unspecified atom stereocenters. The van der Waals surface area contributed by atoms with Crippen LogP contribution in [0.15, 0.2) is 60.7 Å². The summed E-state index contributed by atoms with van der Waals surface area (Å²) >= 11 is 0. The number of nitrogens with one attached hydrogen (secondary N) is 1. The molecule has 0 spiro atoms. The van der Waals surface area contributed by atoms with Crippen LogP contribution in [-0.4, -0.2) is 53.7 Å². The summed E-state index contributed by atoms with van der Waals surface area (Å²) in [5.74, 6) is 1.00. The highest BCUT2D eigenvalue weighted by Gasteiger charge is 2.27. The van der Waals surface area contributed by atoms with Gasteiger partial charge in [-0.1, -0.05) is 54.1 Å². The first-order valence-corrected chi connectivity index (χ1v) is 12.4. The van der Waals surface area contributed by atoms with Crippen molar-refractivity contribution in [1.29, 1.82) is 0 Å². The van der Waals surface area contributed by atoms with Gasteiger partial charge in [-0.25, -0.2) is 0 Å². The van der Waals surface area contributed by atoms with E-state index >= 15 is 0 Å². The minimum atomic E-state index is -0.00518. The fourth-order valence-corrected chi connectivity index (χ4v) is 5.00. The zero-order valence-electron chi connectivity index (χ0n) is 19.9. The number of benzene rings is 2. The molecule has 0 aliphatic carbocycles. The maximum Gasteiger partial charge on any atom is 0.224 e. The minimum Gasteiger partial charge on any atom is -0.355 e. The number of amides is 1. The van der Waals surface area contributed by atoms with Gasteiger partial charge in [0.25, 0.3) is 0 Å². The SMILES string of the molecule is Cc1ccc(-c2ccc(N3CCCC(C(=O)NCCN4CCc5ccccc5C4)C3)nn2)cc1. The monoisotopic (exact) mass is 455 g/mol. The molecule has 6 heteroatoms. The van der Waals surface area contributed by atoms with Gasteiger partial charge in [-0.05, 0) is 49.4 Å². The molecule has 1 fully saturated rings. The van der Waals surface area contributed by atoms with E-state index in [0.717, 1.165) is 62.5 Å². The summed E-state index contributed by atoms with van der Waals surface area (Å²) in [6.45, 7) is 7.30. The molecule has 176 valence electrons. The Balaban J connectivity index is 1.11. The number of fused-ring (bicyclic) bond motifs is 1. The van der Waals surface area contributed by atoms with Gasteiger partial charge in [0.1, 0.15) is 0 Å². The van der Waals surface area contributed by atoms with E-state index in [1.165, 1.54) is 16.7 Å². The Morgan fingerprint density at radius 1 is 1.00 bits per heavy atom. The number of nitrogens with zero attached hydrogens (tertiary/aromatic N) is 4. The summed E-state index contributed by atoms with van der Waals surface area (Å²) < 4.78 is 0. The van der Waals surface area contributed by atoms with Gasteiger partial charge >= 0.3 is 0 Å². The molecule has 2 aromatic carbocycles. The number of aromatic nitrogens is 2. The first kappa shape index (κ1) is 22.5. The smallest absolute Gasteiger partial charge is 0.224 e. The van der Waals surface area contributed by atoms with Crippen molar-refractivity contribution < 1.29 is 4.79 Å². The van der Waals surface area contributed by atoms with Gasteiger partial charge in [-0.3, -0.25) is 9.69 Å². The lowest BCUT2D eigenvalue weighted by Crippen LogP contribution is -2.45. The average Bonchev–Trinajstić information content (AvgIpc) is 2.89. The molecule has 2 aliphatic heterocycles. The van der Waals surface area contributed by atoms with E-state index in [4.69, 9.17) is 0 Å². The predicted molar refractivity (Wildman–Crippen MR) is 136 cm³/mol. The van der Waals surface area contributed by atoms with E-state index in [9.17, 15) is 4.79 Å². The molecule has 1 saturated heterocycles. The Kier molecular flexibility index (Phi) is 6.86. The van der Waals surface area contributed by atoms with Crippen LogP contribution >= 0.6 is 0 Å². The highest BCUT2D eigenvalue weighted by atomic mass is 16.1. The standard InChI is InChI=1S/C28H33N5O/c1-21-8-10-23(11-9-21)26-12-13-27(31-30-26)33-16-4-7-25(20-33)28(34)29-15-18-32-17-14-22-5-2-3-6-24(22)19-32/h2-3,5-6,8-13,25H,4,7,14-20H2,1H3,(H,29,34). The Bertz CT molecular complexity index is 1110. The second-order valence-corrected chi connectivity index (χ2v) is 9.51. The van der Waals surface area contributed by atoms with E-state index in [-0.39, 0.29) is 11.8 Å². The average molecular weight is 456 g/mol. The van der Waals surface area contributed by atoms with Crippen LogP contribution in [0.25, 0.3) is 11.3 Å². The van der Waals surface area contributed by atoms with E-state index < -0.39 is 0 Å². The Hall–Kier alpha value is -3.25. The van der Waals surface area contributed by atoms with E-state index in [1.807, 2.05) is 12.1 Å². The maximum absolute atomic E-state index is 12.9. The van der Waals surface area contributed by atoms with Gasteiger partial charge in [0, 0.05) is 44.8 Å². The van der Waals surface area contributed by atoms with Crippen LogP contribution in [0, 0.1) is 12.8 Å². The molecule has 1 amide bonds. The predicted octanol–water partition coefficient (Wildman–Crippen LogP) is 3.84. The van der Waals surface area contributed by atoms with Crippen LogP contribution in [-0.2, 0) is 17.8 Å². The van der Waals surface area contributed by atoms with Gasteiger partial charge in [-0.2, -0.15) is 0 Å². The highest BCUT2D eigenvalue weighted by molar-refractivity contribution is 5.79. The van der Waals surface area contributed by atoms with Gasteiger partial charge in [0.2, 0.25) is 5.91 Å². The van der Waals surface area contributed by atoms with Crippen LogP contribution < -0.4 is 10.2 Å². The minimum absolute atomic E-state index is 0.00518. The summed E-state index contributed by atoms with van der Waals surface area (Å²) in [6.07, 6.45) is 3.00. The molecule has 2 aliphatic rings. The number of aryl methyl sites for hydroxylation is 1. The normalized spacial score (nSPS) is 18.4. The lowest BCUT2D eigenvalue weighted by Gasteiger charge is -2.33. The van der Waals surface area contributed by atoms with E-state index in [0.29, 0.717) is 13.1 Å². The Labute approximate surface area is 202 Å². The number of anilines is 1. The maximum atomic E-state index is 12.9. The number of carbonyl (C=O) groups excluding carboxylic acids is 1. The molecule has 1 aromatic heterocycles. The third-order valence-corrected chi connectivity index (χ3v) is 7.05. The Morgan fingerprint density at radius 3 is 2.62 bits per heavy atom. The van der Waals surface area contributed by atoms with Crippen LogP contribution in [0.1, 0.15) is 29.5 Å². The molecular formula is C28H33N5O. The molecule has 34 heavy (non-hydrogen) atoms. The molecule has 3 heterocycles. The van der Waals surface area contributed by atoms with Crippen molar-refractivity contribution >= 4 is 11.7 Å². The third-order valence-electron chi connectivity index (χ3n) is 7.05. The second kappa shape index (κ2) is 10.3. The van der Waals surface area contributed by atoms with Crippen molar-refractivity contribution in [3.8, 4) is 11.3 Å². The lowest BCUT2D eigenvalue weighted by atomic mass is 9.97. The summed E-state index contributed by atoms with van der Waals surface area (Å²) in [4.78, 5) is 17.5. The fourth-order valence-electron chi connectivity index (χ4n) is 5.00. The number of piperidine rings is 1. The lowest BCUT2D eigenvalue weighted by molar-refractivity contribution is -0.125. The first-order valence-electron chi connectivity index (χ1n) is 12.4. The van der Waals surface area contributed by atoms with E-state index in [1.54, 1.807) is 0 Å². The Morgan fingerprint density at radius 2 is 1.82 bits per heavy atom. The number of carbonyl (C=O) groups is 1. The van der Waals surface area contributed by atoms with E-state index in [2.05, 4.69) is 80.8 Å². The van der Waals surface area contributed by atoms with Crippen molar-refractivity contribution in [3.63, 3.8) is 0 Å². The molecule has 0 saturated carbocycles. The number of rotatable bonds is 6. The summed E-state index contributed by atoms with van der Waals surface area (Å²) in [7, 11) is 0. The fraction of sp³-hybridized carbons (Fsp3) is 0.393. The summed E-state index contributed by atoms with van der Waals surface area (Å²) in [5, 5.41) is 12.1. The van der Waals surface area contributed by atoms with Crippen molar-refractivity contribution in [3.05, 3.63) is 77.4 Å². The van der Waals surface area contributed by atoms with Crippen molar-refractivity contribution in [2.45, 2.75) is 32.7 Å². The zero-order valence-corrected chi connectivity index (χ0v) is 19.9. The van der Waals surface area contributed by atoms with Gasteiger partial charge < -0.3 is 10.2 Å². The van der Waals surface area contributed by atoms with Crippen molar-refractivity contribution in [2.24, 2.45) is 5.92 Å². The van der Waals surface area contributed by atoms with Crippen molar-refractivity contribution in [1.82, 2.24) is 20.4 Å². The molecule has 6 nitrogen and oxygen atoms in total. The topological polar surface area (TPSA) is 61.4 Å². The second-order valence-electron chi connectivity index (χ2n) is 9.51. The molecule has 3 aromatic rings. The van der Waals surface area contributed by atoms with Gasteiger partial charge in [0.05, 0.1) is 11.6 Å². The van der Waals surface area contributed by atoms with Gasteiger partial charge in [0.15, 0.2) is 5.82 Å². The van der Waals surface area contributed by atoms with Gasteiger partial charge in [-0.15, -0.1) is 10.2 Å². The molecule has 1 atom stereocenters. The molecule has 1 N–H and O–H groups in total. The van der Waals surface area contributed by atoms with Crippen LogP contribution in [0.5, 0.6) is 0 Å². The van der Waals surface area contributed by atoms with Crippen LogP contribution in [0.2, 0.25) is 0 Å². The number of hydrogen-bond donors (Lipinski definition) is 1. The first-order chi connectivity index (χ1) is 16.7. The highest BCUT2D eigenvalue weighted by Crippen LogP contribution is 2.24. The van der Waals surface area contributed by atoms with Crippen LogP contribution in [0.3, 0.4) is 0 Å². The van der Waals surface area contributed by atoms with Crippen molar-refractivity contribution in [2.75, 3.05) is 37.6 Å². The quantitative estimate of drug-likeness (QED) is 0.612. The molecule has 0 radical (unpaired) electrons. The number of hydrogen-bond acceptors (Lipinski definition) is 5. The molecule has 0 bridgehead atoms. The molecule has 5 rings (SSSR count). The summed E-state index contributed by atoms with van der Waals surface area (Å²) in [5.41, 5.74) is 6.04. The largest absolute Gasteiger partial charge is 0.355 e. The zero-order chi connectivity index (χ0) is 23.3. The molecular weight excluding hydrogens is 422 g/mol. The van der Waals surface area contributed by atoms with Crippen LogP contribution in [0.4, 0.5) is 5.82 Å². The third kappa shape index (κ3) is 5.28.